The molecule has 0 fully saturated rings. The fourth-order valence-electron chi connectivity index (χ4n) is 1.12. The van der Waals surface area contributed by atoms with Gasteiger partial charge in [-0.05, 0) is 26.2 Å². The van der Waals surface area contributed by atoms with Gasteiger partial charge in [-0.3, -0.25) is 9.63 Å². The van der Waals surface area contributed by atoms with Gasteiger partial charge in [-0.25, -0.2) is 5.48 Å². The molecule has 3 heteroatoms. The first-order valence-corrected chi connectivity index (χ1v) is 4.83. The van der Waals surface area contributed by atoms with E-state index < -0.39 is 0 Å². The molecule has 0 aromatic carbocycles. The summed E-state index contributed by atoms with van der Waals surface area (Å²) in [5, 5.41) is 0. The molecule has 80 valence electrons. The maximum absolute atomic E-state index is 10.9. The molecule has 0 aliphatic rings. The Bertz CT molecular complexity index is 209. The standard InChI is InChI=1S/C11H19NO2/c1-4-7-10(2)8-5-6-9-11(13)12-14-3/h4,7H,2,5-6,8-9H2,1,3H3,(H,12,13)/b7-4-. The molecule has 0 saturated carbocycles. The number of carbonyl (C=O) groups is 1. The first-order chi connectivity index (χ1) is 6.70. The Kier molecular flexibility index (Phi) is 7.84. The van der Waals surface area contributed by atoms with Crippen LogP contribution < -0.4 is 5.48 Å². The Balaban J connectivity index is 3.37. The zero-order valence-corrected chi connectivity index (χ0v) is 9.01. The van der Waals surface area contributed by atoms with Crippen molar-refractivity contribution in [2.45, 2.75) is 32.6 Å². The second kappa shape index (κ2) is 8.51. The summed E-state index contributed by atoms with van der Waals surface area (Å²) in [5.74, 6) is -0.0656. The summed E-state index contributed by atoms with van der Waals surface area (Å²) in [6, 6.07) is 0. The third-order valence-corrected chi connectivity index (χ3v) is 1.77. The lowest BCUT2D eigenvalue weighted by molar-refractivity contribution is -0.131. The predicted molar refractivity (Wildman–Crippen MR) is 57.6 cm³/mol. The van der Waals surface area contributed by atoms with Gasteiger partial charge in [-0.1, -0.05) is 24.3 Å². The quantitative estimate of drug-likeness (QED) is 0.386. The Morgan fingerprint density at radius 1 is 1.43 bits per heavy atom. The fraction of sp³-hybridized carbons (Fsp3) is 0.545. The average Bonchev–Trinajstić information content (AvgIpc) is 2.13. The molecule has 1 N–H and O–H groups in total. The summed E-state index contributed by atoms with van der Waals surface area (Å²) in [4.78, 5) is 15.4. The first kappa shape index (κ1) is 12.9. The van der Waals surface area contributed by atoms with Crippen LogP contribution in [0.25, 0.3) is 0 Å². The van der Waals surface area contributed by atoms with Crippen molar-refractivity contribution in [2.24, 2.45) is 0 Å². The van der Waals surface area contributed by atoms with E-state index in [-0.39, 0.29) is 5.91 Å². The molecule has 0 bridgehead atoms. The molecule has 0 heterocycles. The maximum Gasteiger partial charge on any atom is 0.243 e. The van der Waals surface area contributed by atoms with Gasteiger partial charge in [0, 0.05) is 6.42 Å². The van der Waals surface area contributed by atoms with Gasteiger partial charge in [0.1, 0.15) is 0 Å². The van der Waals surface area contributed by atoms with Crippen LogP contribution in [-0.4, -0.2) is 13.0 Å². The van der Waals surface area contributed by atoms with E-state index in [9.17, 15) is 4.79 Å². The number of hydrogen-bond acceptors (Lipinski definition) is 2. The van der Waals surface area contributed by atoms with Crippen LogP contribution in [0.5, 0.6) is 0 Å². The van der Waals surface area contributed by atoms with E-state index in [0.717, 1.165) is 24.8 Å². The third-order valence-electron chi connectivity index (χ3n) is 1.77. The number of allylic oxidation sites excluding steroid dienone is 3. The fourth-order valence-corrected chi connectivity index (χ4v) is 1.12. The Hall–Kier alpha value is -1.09. The van der Waals surface area contributed by atoms with Gasteiger partial charge in [0.05, 0.1) is 7.11 Å². The van der Waals surface area contributed by atoms with E-state index in [1.165, 1.54) is 7.11 Å². The highest BCUT2D eigenvalue weighted by molar-refractivity contribution is 5.74. The molecule has 0 aliphatic carbocycles. The molecule has 0 aliphatic heterocycles. The van der Waals surface area contributed by atoms with Gasteiger partial charge in [-0.2, -0.15) is 0 Å². The van der Waals surface area contributed by atoms with Gasteiger partial charge in [0.25, 0.3) is 0 Å². The van der Waals surface area contributed by atoms with Crippen molar-refractivity contribution < 1.29 is 9.63 Å². The lowest BCUT2D eigenvalue weighted by Gasteiger charge is -2.02. The van der Waals surface area contributed by atoms with E-state index >= 15 is 0 Å². The van der Waals surface area contributed by atoms with Crippen LogP contribution in [0.1, 0.15) is 32.6 Å². The molecule has 0 radical (unpaired) electrons. The summed E-state index contributed by atoms with van der Waals surface area (Å²) in [6.45, 7) is 5.85. The third kappa shape index (κ3) is 7.55. The van der Waals surface area contributed by atoms with Crippen LogP contribution in [0, 0.1) is 0 Å². The minimum absolute atomic E-state index is 0.0656. The molecule has 0 aromatic heterocycles. The van der Waals surface area contributed by atoms with Crippen molar-refractivity contribution in [1.82, 2.24) is 5.48 Å². The van der Waals surface area contributed by atoms with E-state index in [4.69, 9.17) is 0 Å². The van der Waals surface area contributed by atoms with Gasteiger partial charge in [-0.15, -0.1) is 0 Å². The summed E-state index contributed by atoms with van der Waals surface area (Å²) < 4.78 is 0. The highest BCUT2D eigenvalue weighted by atomic mass is 16.6. The Morgan fingerprint density at radius 3 is 2.64 bits per heavy atom. The Morgan fingerprint density at radius 2 is 2.07 bits per heavy atom. The largest absolute Gasteiger partial charge is 0.277 e. The van der Waals surface area contributed by atoms with Gasteiger partial charge in [0.15, 0.2) is 0 Å². The number of hydroxylamine groups is 1. The number of unbranched alkanes of at least 4 members (excludes halogenated alkanes) is 1. The SMILES string of the molecule is C=C(/C=C\C)CCCCC(=O)NOC. The zero-order valence-electron chi connectivity index (χ0n) is 9.01. The molecular weight excluding hydrogens is 178 g/mol. The van der Waals surface area contributed by atoms with Crippen molar-refractivity contribution in [2.75, 3.05) is 7.11 Å². The number of nitrogens with one attached hydrogen (secondary N) is 1. The molecule has 0 rings (SSSR count). The molecule has 14 heavy (non-hydrogen) atoms. The average molecular weight is 197 g/mol. The molecule has 0 unspecified atom stereocenters. The minimum Gasteiger partial charge on any atom is -0.277 e. The van der Waals surface area contributed by atoms with Crippen molar-refractivity contribution in [3.63, 3.8) is 0 Å². The van der Waals surface area contributed by atoms with Gasteiger partial charge in [0.2, 0.25) is 5.91 Å². The zero-order chi connectivity index (χ0) is 10.8. The minimum atomic E-state index is -0.0656. The molecule has 0 spiro atoms. The topological polar surface area (TPSA) is 38.3 Å². The molecule has 3 nitrogen and oxygen atoms in total. The molecule has 0 aromatic rings. The lowest BCUT2D eigenvalue weighted by atomic mass is 10.1. The number of hydrogen-bond donors (Lipinski definition) is 1. The monoisotopic (exact) mass is 197 g/mol. The number of rotatable bonds is 7. The van der Waals surface area contributed by atoms with Crippen molar-refractivity contribution >= 4 is 5.91 Å². The number of carbonyl (C=O) groups excluding carboxylic acids is 1. The highest BCUT2D eigenvalue weighted by Gasteiger charge is 1.99. The molecule has 0 saturated heterocycles. The first-order valence-electron chi connectivity index (χ1n) is 4.83. The molecular formula is C11H19NO2. The lowest BCUT2D eigenvalue weighted by Crippen LogP contribution is -2.21. The normalized spacial score (nSPS) is 10.4. The summed E-state index contributed by atoms with van der Waals surface area (Å²) in [6.07, 6.45) is 7.28. The van der Waals surface area contributed by atoms with Gasteiger partial charge >= 0.3 is 0 Å². The van der Waals surface area contributed by atoms with E-state index in [2.05, 4.69) is 16.9 Å². The Labute approximate surface area is 85.8 Å². The highest BCUT2D eigenvalue weighted by Crippen LogP contribution is 2.08. The van der Waals surface area contributed by atoms with Gasteiger partial charge < -0.3 is 0 Å². The predicted octanol–water partition coefficient (Wildman–Crippen LogP) is 2.36. The van der Waals surface area contributed by atoms with Crippen LogP contribution in [-0.2, 0) is 9.63 Å². The van der Waals surface area contributed by atoms with Crippen molar-refractivity contribution in [1.29, 1.82) is 0 Å². The van der Waals surface area contributed by atoms with Crippen LogP contribution >= 0.6 is 0 Å². The van der Waals surface area contributed by atoms with Crippen LogP contribution in [0.3, 0.4) is 0 Å². The van der Waals surface area contributed by atoms with E-state index in [0.29, 0.717) is 6.42 Å². The summed E-state index contributed by atoms with van der Waals surface area (Å²) in [7, 11) is 1.44. The summed E-state index contributed by atoms with van der Waals surface area (Å²) >= 11 is 0. The van der Waals surface area contributed by atoms with E-state index in [1.54, 1.807) is 0 Å². The molecule has 1 amide bonds. The van der Waals surface area contributed by atoms with Crippen molar-refractivity contribution in [3.8, 4) is 0 Å². The second-order valence-corrected chi connectivity index (χ2v) is 3.09. The second-order valence-electron chi connectivity index (χ2n) is 3.09. The smallest absolute Gasteiger partial charge is 0.243 e. The maximum atomic E-state index is 10.9. The van der Waals surface area contributed by atoms with E-state index in [1.807, 2.05) is 19.1 Å². The van der Waals surface area contributed by atoms with Crippen LogP contribution in [0.4, 0.5) is 0 Å². The van der Waals surface area contributed by atoms with Crippen LogP contribution in [0.2, 0.25) is 0 Å². The molecule has 0 atom stereocenters. The number of amides is 1. The van der Waals surface area contributed by atoms with Crippen LogP contribution in [0.15, 0.2) is 24.3 Å². The van der Waals surface area contributed by atoms with Crippen molar-refractivity contribution in [3.05, 3.63) is 24.3 Å². The summed E-state index contributed by atoms with van der Waals surface area (Å²) in [5.41, 5.74) is 3.39.